The molecule has 0 unspecified atom stereocenters. The van der Waals surface area contributed by atoms with Crippen LogP contribution >= 0.6 is 27.5 Å². The van der Waals surface area contributed by atoms with E-state index in [9.17, 15) is 4.79 Å². The van der Waals surface area contributed by atoms with E-state index in [2.05, 4.69) is 21.2 Å². The average Bonchev–Trinajstić information content (AvgIpc) is 2.54. The number of nitrogens with one attached hydrogen (secondary N) is 1. The van der Waals surface area contributed by atoms with Crippen LogP contribution in [-0.4, -0.2) is 19.1 Å². The van der Waals surface area contributed by atoms with Crippen molar-refractivity contribution >= 4 is 39.1 Å². The van der Waals surface area contributed by atoms with Crippen molar-refractivity contribution in [2.75, 3.05) is 18.5 Å². The van der Waals surface area contributed by atoms with E-state index >= 15 is 0 Å². The van der Waals surface area contributed by atoms with Crippen LogP contribution in [0.4, 0.5) is 5.69 Å². The van der Waals surface area contributed by atoms with Gasteiger partial charge in [0.15, 0.2) is 11.5 Å². The third kappa shape index (κ3) is 4.42. The summed E-state index contributed by atoms with van der Waals surface area (Å²) < 4.78 is 11.9. The van der Waals surface area contributed by atoms with Gasteiger partial charge in [-0.2, -0.15) is 0 Å². The fourth-order valence-corrected chi connectivity index (χ4v) is 2.90. The monoisotopic (exact) mass is 411 g/mol. The lowest BCUT2D eigenvalue weighted by molar-refractivity contribution is 0.102. The van der Waals surface area contributed by atoms with E-state index in [1.807, 2.05) is 26.8 Å². The van der Waals surface area contributed by atoms with Gasteiger partial charge in [-0.3, -0.25) is 4.79 Å². The van der Waals surface area contributed by atoms with Crippen molar-refractivity contribution in [2.24, 2.45) is 0 Å². The third-order valence-corrected chi connectivity index (χ3v) is 4.13. The molecule has 6 heteroatoms. The zero-order valence-corrected chi connectivity index (χ0v) is 16.1. The van der Waals surface area contributed by atoms with Gasteiger partial charge in [0.2, 0.25) is 0 Å². The fourth-order valence-electron chi connectivity index (χ4n) is 2.17. The molecule has 0 aliphatic carbocycles. The van der Waals surface area contributed by atoms with Gasteiger partial charge in [0, 0.05) is 16.3 Å². The molecule has 2 aromatic rings. The second kappa shape index (κ2) is 8.40. The molecule has 1 N–H and O–H groups in total. The van der Waals surface area contributed by atoms with E-state index < -0.39 is 0 Å². The lowest BCUT2D eigenvalue weighted by atomic mass is 10.1. The number of carbonyl (C=O) groups excluding carboxylic acids is 1. The van der Waals surface area contributed by atoms with Gasteiger partial charge < -0.3 is 14.8 Å². The van der Waals surface area contributed by atoms with Crippen molar-refractivity contribution < 1.29 is 14.3 Å². The summed E-state index contributed by atoms with van der Waals surface area (Å²) in [4.78, 5) is 12.6. The molecule has 0 fully saturated rings. The molecule has 24 heavy (non-hydrogen) atoms. The van der Waals surface area contributed by atoms with Gasteiger partial charge in [-0.1, -0.05) is 17.7 Å². The molecule has 0 aromatic heterocycles. The largest absolute Gasteiger partial charge is 0.490 e. The van der Waals surface area contributed by atoms with Crippen LogP contribution in [0.1, 0.15) is 29.8 Å². The molecule has 0 spiro atoms. The van der Waals surface area contributed by atoms with Gasteiger partial charge in [0.05, 0.1) is 17.7 Å². The highest BCUT2D eigenvalue weighted by Gasteiger charge is 2.16. The number of hydrogen-bond donors (Lipinski definition) is 1. The molecular weight excluding hydrogens is 394 g/mol. The standard InChI is InChI=1S/C18H19BrClNO3/c1-4-23-16-9-12(8-14(19)17(16)24-5-2)18(22)21-15-10-13(20)7-6-11(15)3/h6-10H,4-5H2,1-3H3,(H,21,22). The highest BCUT2D eigenvalue weighted by Crippen LogP contribution is 2.37. The fraction of sp³-hybridized carbons (Fsp3) is 0.278. The van der Waals surface area contributed by atoms with Crippen LogP contribution in [0.3, 0.4) is 0 Å². The van der Waals surface area contributed by atoms with Gasteiger partial charge >= 0.3 is 0 Å². The molecule has 4 nitrogen and oxygen atoms in total. The van der Waals surface area contributed by atoms with Crippen LogP contribution in [-0.2, 0) is 0 Å². The van der Waals surface area contributed by atoms with Gasteiger partial charge in [-0.25, -0.2) is 0 Å². The molecule has 0 saturated heterocycles. The Morgan fingerprint density at radius 2 is 1.88 bits per heavy atom. The normalized spacial score (nSPS) is 10.4. The minimum absolute atomic E-state index is 0.245. The first-order valence-electron chi connectivity index (χ1n) is 7.62. The first kappa shape index (κ1) is 18.6. The molecule has 0 atom stereocenters. The second-order valence-corrected chi connectivity index (χ2v) is 6.36. The first-order chi connectivity index (χ1) is 11.5. The Hall–Kier alpha value is -1.72. The van der Waals surface area contributed by atoms with Gasteiger partial charge in [0.25, 0.3) is 5.91 Å². The Balaban J connectivity index is 2.33. The molecule has 0 saturated carbocycles. The molecule has 2 rings (SSSR count). The summed E-state index contributed by atoms with van der Waals surface area (Å²) >= 11 is 9.44. The SMILES string of the molecule is CCOc1cc(C(=O)Nc2cc(Cl)ccc2C)cc(Br)c1OCC. The van der Waals surface area contributed by atoms with Crippen LogP contribution in [0.5, 0.6) is 11.5 Å². The maximum Gasteiger partial charge on any atom is 0.255 e. The number of ether oxygens (including phenoxy) is 2. The molecule has 0 radical (unpaired) electrons. The van der Waals surface area contributed by atoms with Crippen molar-refractivity contribution in [3.63, 3.8) is 0 Å². The van der Waals surface area contributed by atoms with Crippen molar-refractivity contribution in [3.8, 4) is 11.5 Å². The maximum absolute atomic E-state index is 12.6. The van der Waals surface area contributed by atoms with Crippen LogP contribution < -0.4 is 14.8 Å². The number of carbonyl (C=O) groups is 1. The number of amides is 1. The number of anilines is 1. The highest BCUT2D eigenvalue weighted by molar-refractivity contribution is 9.10. The van der Waals surface area contributed by atoms with E-state index in [0.29, 0.717) is 45.5 Å². The predicted octanol–water partition coefficient (Wildman–Crippen LogP) is 5.46. The summed E-state index contributed by atoms with van der Waals surface area (Å²) in [6, 6.07) is 8.75. The van der Waals surface area contributed by atoms with E-state index in [1.54, 1.807) is 24.3 Å². The highest BCUT2D eigenvalue weighted by atomic mass is 79.9. The van der Waals surface area contributed by atoms with Crippen LogP contribution in [0.2, 0.25) is 5.02 Å². The molecule has 128 valence electrons. The van der Waals surface area contributed by atoms with E-state index in [4.69, 9.17) is 21.1 Å². The molecule has 0 aliphatic heterocycles. The summed E-state index contributed by atoms with van der Waals surface area (Å²) in [6.45, 7) is 6.67. The average molecular weight is 413 g/mol. The Kier molecular flexibility index (Phi) is 6.52. The number of benzene rings is 2. The van der Waals surface area contributed by atoms with Gasteiger partial charge in [-0.15, -0.1) is 0 Å². The topological polar surface area (TPSA) is 47.6 Å². The van der Waals surface area contributed by atoms with Crippen molar-refractivity contribution in [2.45, 2.75) is 20.8 Å². The smallest absolute Gasteiger partial charge is 0.255 e. The molecule has 0 aliphatic rings. The van der Waals surface area contributed by atoms with Crippen LogP contribution in [0, 0.1) is 6.92 Å². The van der Waals surface area contributed by atoms with Crippen LogP contribution in [0.25, 0.3) is 0 Å². The number of aryl methyl sites for hydroxylation is 1. The molecule has 0 bridgehead atoms. The second-order valence-electron chi connectivity index (χ2n) is 5.06. The summed E-state index contributed by atoms with van der Waals surface area (Å²) in [5.41, 5.74) is 2.08. The number of hydrogen-bond acceptors (Lipinski definition) is 3. The minimum Gasteiger partial charge on any atom is -0.490 e. The number of rotatable bonds is 6. The third-order valence-electron chi connectivity index (χ3n) is 3.31. The Bertz CT molecular complexity index is 749. The van der Waals surface area contributed by atoms with Gasteiger partial charge in [0.1, 0.15) is 0 Å². The zero-order valence-electron chi connectivity index (χ0n) is 13.8. The molecule has 0 heterocycles. The minimum atomic E-state index is -0.245. The molecule has 2 aromatic carbocycles. The van der Waals surface area contributed by atoms with E-state index in [0.717, 1.165) is 5.56 Å². The number of halogens is 2. The lowest BCUT2D eigenvalue weighted by Gasteiger charge is -2.15. The maximum atomic E-state index is 12.6. The first-order valence-corrected chi connectivity index (χ1v) is 8.80. The van der Waals surface area contributed by atoms with Crippen LogP contribution in [0.15, 0.2) is 34.8 Å². The Morgan fingerprint density at radius 3 is 2.54 bits per heavy atom. The lowest BCUT2D eigenvalue weighted by Crippen LogP contribution is -2.13. The molecule has 1 amide bonds. The summed E-state index contributed by atoms with van der Waals surface area (Å²) in [5, 5.41) is 3.44. The quantitative estimate of drug-likeness (QED) is 0.685. The summed E-state index contributed by atoms with van der Waals surface area (Å²) in [5.74, 6) is 0.876. The summed E-state index contributed by atoms with van der Waals surface area (Å²) in [6.07, 6.45) is 0. The van der Waals surface area contributed by atoms with E-state index in [-0.39, 0.29) is 5.91 Å². The Morgan fingerprint density at radius 1 is 1.17 bits per heavy atom. The molecular formula is C18H19BrClNO3. The Labute approximate surface area is 155 Å². The zero-order chi connectivity index (χ0) is 17.7. The predicted molar refractivity (Wildman–Crippen MR) is 101 cm³/mol. The summed E-state index contributed by atoms with van der Waals surface area (Å²) in [7, 11) is 0. The van der Waals surface area contributed by atoms with Gasteiger partial charge in [-0.05, 0) is 66.5 Å². The van der Waals surface area contributed by atoms with Crippen molar-refractivity contribution in [1.29, 1.82) is 0 Å². The van der Waals surface area contributed by atoms with Crippen molar-refractivity contribution in [1.82, 2.24) is 0 Å². The van der Waals surface area contributed by atoms with E-state index in [1.165, 1.54) is 0 Å². The van der Waals surface area contributed by atoms with Crippen molar-refractivity contribution in [3.05, 3.63) is 51.0 Å².